The van der Waals surface area contributed by atoms with Gasteiger partial charge in [0.25, 0.3) is 5.91 Å². The molecule has 0 saturated carbocycles. The maximum absolute atomic E-state index is 12.2. The number of amides is 1. The van der Waals surface area contributed by atoms with E-state index in [0.717, 1.165) is 5.56 Å². The number of hydrogen-bond acceptors (Lipinski definition) is 4. The van der Waals surface area contributed by atoms with Crippen LogP contribution in [0.15, 0.2) is 72.9 Å². The minimum absolute atomic E-state index is 0.121. The number of aromatic nitrogens is 1. The number of rotatable bonds is 5. The Balaban J connectivity index is 1.61. The van der Waals surface area contributed by atoms with E-state index in [9.17, 15) is 4.79 Å². The zero-order valence-electron chi connectivity index (χ0n) is 14.8. The Labute approximate surface area is 158 Å². The normalized spacial score (nSPS) is 9.67. The minimum Gasteiger partial charge on any atom is -0.493 e. The highest BCUT2D eigenvalue weighted by atomic mass is 16.5. The Bertz CT molecular complexity index is 975. The number of hydrogen-bond donors (Lipinski definition) is 1. The highest BCUT2D eigenvalue weighted by Crippen LogP contribution is 2.25. The van der Waals surface area contributed by atoms with Gasteiger partial charge in [-0.15, -0.1) is 0 Å². The van der Waals surface area contributed by atoms with E-state index < -0.39 is 0 Å². The first kappa shape index (κ1) is 18.0. The lowest BCUT2D eigenvalue weighted by Crippen LogP contribution is -2.20. The first-order valence-corrected chi connectivity index (χ1v) is 8.33. The maximum Gasteiger partial charge on any atom is 0.262 e. The topological polar surface area (TPSA) is 60.5 Å². The van der Waals surface area contributed by atoms with Crippen LogP contribution in [0.25, 0.3) is 0 Å². The van der Waals surface area contributed by atoms with Crippen molar-refractivity contribution in [2.45, 2.75) is 0 Å². The number of pyridine rings is 1. The Morgan fingerprint density at radius 2 is 1.81 bits per heavy atom. The van der Waals surface area contributed by atoms with Gasteiger partial charge in [-0.25, -0.2) is 4.98 Å². The number of ether oxygens (including phenoxy) is 2. The van der Waals surface area contributed by atoms with E-state index in [2.05, 4.69) is 22.1 Å². The zero-order chi connectivity index (χ0) is 18.9. The molecule has 3 aromatic rings. The van der Waals surface area contributed by atoms with Crippen molar-refractivity contribution >= 4 is 11.6 Å². The molecule has 1 N–H and O–H groups in total. The lowest BCUT2D eigenvalue weighted by Gasteiger charge is -2.10. The van der Waals surface area contributed by atoms with E-state index in [1.165, 1.54) is 0 Å². The van der Waals surface area contributed by atoms with Crippen LogP contribution in [-0.2, 0) is 4.79 Å². The van der Waals surface area contributed by atoms with Crippen molar-refractivity contribution in [1.29, 1.82) is 0 Å². The van der Waals surface area contributed by atoms with Gasteiger partial charge in [0.1, 0.15) is 5.69 Å². The smallest absolute Gasteiger partial charge is 0.262 e. The SMILES string of the molecule is COc1ccccc1OCC(=O)Nc1cccc(C#Cc2ccccn2)c1. The summed E-state index contributed by atoms with van der Waals surface area (Å²) in [5.41, 5.74) is 2.12. The third-order valence-corrected chi connectivity index (χ3v) is 3.57. The van der Waals surface area contributed by atoms with Gasteiger partial charge in [-0.3, -0.25) is 4.79 Å². The van der Waals surface area contributed by atoms with Crippen molar-refractivity contribution in [2.24, 2.45) is 0 Å². The quantitative estimate of drug-likeness (QED) is 0.709. The fourth-order valence-electron chi connectivity index (χ4n) is 2.33. The highest BCUT2D eigenvalue weighted by molar-refractivity contribution is 5.92. The van der Waals surface area contributed by atoms with E-state index in [0.29, 0.717) is 22.9 Å². The van der Waals surface area contributed by atoms with Gasteiger partial charge < -0.3 is 14.8 Å². The predicted octanol–water partition coefficient (Wildman–Crippen LogP) is 3.51. The van der Waals surface area contributed by atoms with Gasteiger partial charge in [-0.1, -0.05) is 30.2 Å². The Kier molecular flexibility index (Phi) is 6.05. The van der Waals surface area contributed by atoms with Crippen molar-refractivity contribution in [3.63, 3.8) is 0 Å². The number of carbonyl (C=O) groups is 1. The van der Waals surface area contributed by atoms with Gasteiger partial charge in [0.05, 0.1) is 7.11 Å². The Morgan fingerprint density at radius 1 is 1.00 bits per heavy atom. The van der Waals surface area contributed by atoms with Gasteiger partial charge in [0, 0.05) is 17.4 Å². The van der Waals surface area contributed by atoms with Crippen molar-refractivity contribution in [2.75, 3.05) is 19.0 Å². The molecule has 5 nitrogen and oxygen atoms in total. The molecule has 0 radical (unpaired) electrons. The predicted molar refractivity (Wildman–Crippen MR) is 104 cm³/mol. The molecule has 27 heavy (non-hydrogen) atoms. The molecule has 0 fully saturated rings. The Hall–Kier alpha value is -3.78. The van der Waals surface area contributed by atoms with Crippen LogP contribution in [0.4, 0.5) is 5.69 Å². The first-order valence-electron chi connectivity index (χ1n) is 8.33. The summed E-state index contributed by atoms with van der Waals surface area (Å²) in [6.07, 6.45) is 1.70. The van der Waals surface area contributed by atoms with Crippen LogP contribution in [0.1, 0.15) is 11.3 Å². The third kappa shape index (κ3) is 5.35. The number of carbonyl (C=O) groups excluding carboxylic acids is 1. The fraction of sp³-hybridized carbons (Fsp3) is 0.0909. The van der Waals surface area contributed by atoms with E-state index >= 15 is 0 Å². The summed E-state index contributed by atoms with van der Waals surface area (Å²) in [5.74, 6) is 6.86. The molecule has 5 heteroatoms. The number of anilines is 1. The second-order valence-electron chi connectivity index (χ2n) is 5.53. The van der Waals surface area contributed by atoms with Crippen LogP contribution in [0.3, 0.4) is 0 Å². The largest absolute Gasteiger partial charge is 0.493 e. The molecule has 0 unspecified atom stereocenters. The van der Waals surface area contributed by atoms with Crippen LogP contribution in [0.5, 0.6) is 11.5 Å². The second kappa shape index (κ2) is 9.07. The molecule has 3 rings (SSSR count). The number of para-hydroxylation sites is 2. The van der Waals surface area contributed by atoms with E-state index in [1.807, 2.05) is 42.5 Å². The summed E-state index contributed by atoms with van der Waals surface area (Å²) in [6, 6.07) is 20.1. The summed E-state index contributed by atoms with van der Waals surface area (Å²) >= 11 is 0. The molecule has 0 saturated heterocycles. The minimum atomic E-state index is -0.268. The van der Waals surface area contributed by atoms with E-state index in [-0.39, 0.29) is 12.5 Å². The van der Waals surface area contributed by atoms with Crippen molar-refractivity contribution in [3.05, 3.63) is 84.2 Å². The molecule has 0 aliphatic carbocycles. The van der Waals surface area contributed by atoms with Gasteiger partial charge in [0.15, 0.2) is 18.1 Å². The van der Waals surface area contributed by atoms with Crippen LogP contribution < -0.4 is 14.8 Å². The number of nitrogens with one attached hydrogen (secondary N) is 1. The monoisotopic (exact) mass is 358 g/mol. The average molecular weight is 358 g/mol. The molecule has 0 aliphatic rings. The summed E-state index contributed by atoms with van der Waals surface area (Å²) in [4.78, 5) is 16.3. The molecule has 0 aliphatic heterocycles. The van der Waals surface area contributed by atoms with E-state index in [1.54, 1.807) is 37.6 Å². The molecule has 0 atom stereocenters. The van der Waals surface area contributed by atoms with Gasteiger partial charge in [-0.05, 0) is 48.4 Å². The molecule has 134 valence electrons. The van der Waals surface area contributed by atoms with Crippen molar-refractivity contribution < 1.29 is 14.3 Å². The Morgan fingerprint density at radius 3 is 2.59 bits per heavy atom. The summed E-state index contributed by atoms with van der Waals surface area (Å²) in [5, 5.41) is 2.80. The lowest BCUT2D eigenvalue weighted by molar-refractivity contribution is -0.118. The molecular weight excluding hydrogens is 340 g/mol. The molecule has 1 aromatic heterocycles. The number of methoxy groups -OCH3 is 1. The van der Waals surface area contributed by atoms with E-state index in [4.69, 9.17) is 9.47 Å². The standard InChI is InChI=1S/C22H18N2O3/c1-26-20-10-2-3-11-21(20)27-16-22(25)24-19-9-6-7-17(15-19)12-13-18-8-4-5-14-23-18/h2-11,14-15H,16H2,1H3,(H,24,25). The zero-order valence-corrected chi connectivity index (χ0v) is 14.8. The first-order chi connectivity index (χ1) is 13.2. The average Bonchev–Trinajstić information content (AvgIpc) is 2.72. The summed E-state index contributed by atoms with van der Waals surface area (Å²) in [6.45, 7) is -0.121. The maximum atomic E-state index is 12.2. The molecular formula is C22H18N2O3. The summed E-state index contributed by atoms with van der Waals surface area (Å²) in [7, 11) is 1.56. The highest BCUT2D eigenvalue weighted by Gasteiger charge is 2.07. The van der Waals surface area contributed by atoms with Crippen LogP contribution in [0, 0.1) is 11.8 Å². The third-order valence-electron chi connectivity index (χ3n) is 3.57. The van der Waals surface area contributed by atoms with Crippen LogP contribution in [-0.4, -0.2) is 24.6 Å². The van der Waals surface area contributed by atoms with Gasteiger partial charge in [0.2, 0.25) is 0 Å². The van der Waals surface area contributed by atoms with Crippen LogP contribution >= 0.6 is 0 Å². The van der Waals surface area contributed by atoms with Crippen molar-refractivity contribution in [1.82, 2.24) is 4.98 Å². The second-order valence-corrected chi connectivity index (χ2v) is 5.53. The molecule has 1 heterocycles. The number of benzene rings is 2. The van der Waals surface area contributed by atoms with Gasteiger partial charge >= 0.3 is 0 Å². The number of nitrogens with zero attached hydrogens (tertiary/aromatic N) is 1. The van der Waals surface area contributed by atoms with Crippen LogP contribution in [0.2, 0.25) is 0 Å². The van der Waals surface area contributed by atoms with Crippen molar-refractivity contribution in [3.8, 4) is 23.3 Å². The molecule has 1 amide bonds. The molecule has 0 spiro atoms. The fourth-order valence-corrected chi connectivity index (χ4v) is 2.33. The van der Waals surface area contributed by atoms with Gasteiger partial charge in [-0.2, -0.15) is 0 Å². The molecule has 0 bridgehead atoms. The molecule has 2 aromatic carbocycles. The lowest BCUT2D eigenvalue weighted by atomic mass is 10.2. The summed E-state index contributed by atoms with van der Waals surface area (Å²) < 4.78 is 10.7.